The van der Waals surface area contributed by atoms with Crippen molar-refractivity contribution in [2.45, 2.75) is 18.9 Å². The summed E-state index contributed by atoms with van der Waals surface area (Å²) < 4.78 is 0. The largest absolute Gasteiger partial charge is 0.346 e. The van der Waals surface area contributed by atoms with E-state index in [1.807, 2.05) is 29.4 Å². The first-order valence-corrected chi connectivity index (χ1v) is 9.29. The molecular weight excluding hydrogens is 358 g/mol. The van der Waals surface area contributed by atoms with Crippen LogP contribution in [0.4, 0.5) is 5.69 Å². The molecule has 1 atom stereocenters. The van der Waals surface area contributed by atoms with E-state index in [2.05, 4.69) is 14.9 Å². The number of aromatic nitrogens is 2. The number of nitrogens with zero attached hydrogens (tertiary/aromatic N) is 3. The summed E-state index contributed by atoms with van der Waals surface area (Å²) in [5, 5.41) is 1.08. The van der Waals surface area contributed by atoms with Crippen molar-refractivity contribution >= 4 is 46.8 Å². The first-order chi connectivity index (χ1) is 11.7. The highest BCUT2D eigenvalue weighted by Gasteiger charge is 2.26. The molecule has 1 saturated heterocycles. The van der Waals surface area contributed by atoms with Crippen LogP contribution in [0.2, 0.25) is 0 Å². The summed E-state index contributed by atoms with van der Waals surface area (Å²) in [5.74, 6) is 1.00. The molecule has 0 unspecified atom stereocenters. The van der Waals surface area contributed by atoms with Crippen molar-refractivity contribution in [3.8, 4) is 0 Å². The number of thioether (sulfide) groups is 1. The van der Waals surface area contributed by atoms with E-state index in [-0.39, 0.29) is 24.4 Å². The number of rotatable bonds is 2. The molecule has 3 N–H and O–H groups in total. The van der Waals surface area contributed by atoms with Gasteiger partial charge >= 0.3 is 0 Å². The summed E-state index contributed by atoms with van der Waals surface area (Å²) in [7, 11) is 0. The van der Waals surface area contributed by atoms with Gasteiger partial charge in [-0.15, -0.1) is 24.2 Å². The lowest BCUT2D eigenvalue weighted by molar-refractivity contribution is -0.127. The molecular formula is C17H22ClN5OS. The Morgan fingerprint density at radius 3 is 3.08 bits per heavy atom. The molecule has 2 aromatic rings. The zero-order valence-electron chi connectivity index (χ0n) is 13.9. The number of amides is 1. The summed E-state index contributed by atoms with van der Waals surface area (Å²) >= 11 is 1.64. The van der Waals surface area contributed by atoms with Crippen molar-refractivity contribution in [1.82, 2.24) is 14.9 Å². The maximum atomic E-state index is 12.8. The molecule has 2 aliphatic rings. The molecule has 134 valence electrons. The molecule has 2 aliphatic heterocycles. The highest BCUT2D eigenvalue weighted by molar-refractivity contribution is 8.04. The number of hydrogen-bond donors (Lipinski definition) is 2. The van der Waals surface area contributed by atoms with Gasteiger partial charge in [0.05, 0.1) is 10.6 Å². The lowest BCUT2D eigenvalue weighted by Crippen LogP contribution is -2.46. The van der Waals surface area contributed by atoms with E-state index in [0.29, 0.717) is 6.54 Å². The maximum Gasteiger partial charge on any atom is 0.261 e. The zero-order valence-corrected chi connectivity index (χ0v) is 15.5. The van der Waals surface area contributed by atoms with Gasteiger partial charge in [0.1, 0.15) is 5.65 Å². The lowest BCUT2D eigenvalue weighted by Gasteiger charge is -2.33. The Balaban J connectivity index is 0.00000182. The van der Waals surface area contributed by atoms with Gasteiger partial charge in [-0.3, -0.25) is 4.79 Å². The first-order valence-electron chi connectivity index (χ1n) is 8.30. The van der Waals surface area contributed by atoms with E-state index in [0.717, 1.165) is 53.3 Å². The van der Waals surface area contributed by atoms with E-state index < -0.39 is 0 Å². The molecule has 0 spiro atoms. The van der Waals surface area contributed by atoms with Crippen LogP contribution in [0.15, 0.2) is 35.6 Å². The summed E-state index contributed by atoms with van der Waals surface area (Å²) in [6.45, 7) is 2.35. The molecule has 0 radical (unpaired) electrons. The third-order valence-corrected chi connectivity index (χ3v) is 5.54. The fourth-order valence-electron chi connectivity index (χ4n) is 3.35. The summed E-state index contributed by atoms with van der Waals surface area (Å²) in [6.07, 6.45) is 7.67. The van der Waals surface area contributed by atoms with Crippen LogP contribution in [-0.4, -0.2) is 52.2 Å². The van der Waals surface area contributed by atoms with Crippen LogP contribution in [0.5, 0.6) is 0 Å². The summed E-state index contributed by atoms with van der Waals surface area (Å²) in [6, 6.07) is 4.13. The van der Waals surface area contributed by atoms with Crippen LogP contribution in [-0.2, 0) is 4.79 Å². The number of H-pyrrole nitrogens is 1. The Labute approximate surface area is 157 Å². The molecule has 25 heavy (non-hydrogen) atoms. The average molecular weight is 380 g/mol. The number of piperidine rings is 1. The molecule has 4 heterocycles. The van der Waals surface area contributed by atoms with E-state index in [4.69, 9.17) is 5.73 Å². The Hall–Kier alpha value is -1.70. The number of fused-ring (bicyclic) bond motifs is 1. The molecule has 4 rings (SSSR count). The Bertz CT molecular complexity index is 792. The second-order valence-corrected chi connectivity index (χ2v) is 7.40. The van der Waals surface area contributed by atoms with Crippen LogP contribution in [0, 0.1) is 0 Å². The molecule has 1 amide bonds. The highest BCUT2D eigenvalue weighted by Crippen LogP contribution is 2.31. The van der Waals surface area contributed by atoms with Gasteiger partial charge < -0.3 is 20.5 Å². The number of likely N-dealkylation sites (tertiary alicyclic amines) is 1. The third kappa shape index (κ3) is 3.63. The van der Waals surface area contributed by atoms with Gasteiger partial charge in [0, 0.05) is 55.4 Å². The predicted molar refractivity (Wildman–Crippen MR) is 105 cm³/mol. The number of nitrogens with two attached hydrogens (primary N) is 1. The SMILES string of the molecule is Cl.N[C@H]1CCCN(C(=O)C2=CN(c3ccnc4[nH]ccc34)CCS2)C1. The lowest BCUT2D eigenvalue weighted by atomic mass is 10.1. The van der Waals surface area contributed by atoms with Crippen molar-refractivity contribution in [1.29, 1.82) is 0 Å². The van der Waals surface area contributed by atoms with Crippen LogP contribution in [0.25, 0.3) is 11.0 Å². The minimum absolute atomic E-state index is 0. The summed E-state index contributed by atoms with van der Waals surface area (Å²) in [5.41, 5.74) is 7.98. The summed E-state index contributed by atoms with van der Waals surface area (Å²) in [4.78, 5) is 25.2. The van der Waals surface area contributed by atoms with Crippen molar-refractivity contribution < 1.29 is 4.79 Å². The zero-order chi connectivity index (χ0) is 16.5. The normalized spacial score (nSPS) is 21.0. The molecule has 0 aromatic carbocycles. The van der Waals surface area contributed by atoms with Gasteiger partial charge in [-0.05, 0) is 25.0 Å². The topological polar surface area (TPSA) is 78.2 Å². The van der Waals surface area contributed by atoms with E-state index in [1.54, 1.807) is 18.0 Å². The maximum absolute atomic E-state index is 12.8. The monoisotopic (exact) mass is 379 g/mol. The number of hydrogen-bond acceptors (Lipinski definition) is 5. The van der Waals surface area contributed by atoms with E-state index >= 15 is 0 Å². The standard InChI is InChI=1S/C17H21N5OS.ClH/c18-12-2-1-7-22(10-12)17(23)15-11-21(8-9-24-15)14-4-6-20-16-13(14)3-5-19-16;/h3-6,11-12H,1-2,7-10,18H2,(H,19,20);1H/t12-;/m0./s1. The van der Waals surface area contributed by atoms with Crippen molar-refractivity contribution in [3.63, 3.8) is 0 Å². The second kappa shape index (κ2) is 7.68. The van der Waals surface area contributed by atoms with E-state index in [9.17, 15) is 4.79 Å². The number of carbonyl (C=O) groups is 1. The average Bonchev–Trinajstić information content (AvgIpc) is 3.10. The van der Waals surface area contributed by atoms with Gasteiger partial charge in [-0.25, -0.2) is 4.98 Å². The molecule has 0 bridgehead atoms. The van der Waals surface area contributed by atoms with Crippen molar-refractivity contribution in [3.05, 3.63) is 35.6 Å². The highest BCUT2D eigenvalue weighted by atomic mass is 35.5. The first kappa shape index (κ1) is 18.1. The smallest absolute Gasteiger partial charge is 0.261 e. The number of aromatic amines is 1. The van der Waals surface area contributed by atoms with E-state index in [1.165, 1.54) is 0 Å². The Morgan fingerprint density at radius 1 is 1.36 bits per heavy atom. The third-order valence-electron chi connectivity index (χ3n) is 4.57. The number of halogens is 1. The number of nitrogens with one attached hydrogen (secondary N) is 1. The van der Waals surface area contributed by atoms with Gasteiger partial charge in [0.25, 0.3) is 5.91 Å². The fraction of sp³-hybridized carbons (Fsp3) is 0.412. The predicted octanol–water partition coefficient (Wildman–Crippen LogP) is 2.33. The van der Waals surface area contributed by atoms with Gasteiger partial charge in [0.15, 0.2) is 0 Å². The molecule has 2 aromatic heterocycles. The molecule has 0 saturated carbocycles. The van der Waals surface area contributed by atoms with Crippen LogP contribution in [0.3, 0.4) is 0 Å². The molecule has 8 heteroatoms. The van der Waals surface area contributed by atoms with Gasteiger partial charge in [0.2, 0.25) is 0 Å². The van der Waals surface area contributed by atoms with Gasteiger partial charge in [-0.1, -0.05) is 0 Å². The van der Waals surface area contributed by atoms with Crippen LogP contribution < -0.4 is 10.6 Å². The molecule has 1 fully saturated rings. The minimum atomic E-state index is 0. The van der Waals surface area contributed by atoms with Crippen molar-refractivity contribution in [2.24, 2.45) is 5.73 Å². The molecule has 0 aliphatic carbocycles. The van der Waals surface area contributed by atoms with Crippen LogP contribution >= 0.6 is 24.2 Å². The molecule has 6 nitrogen and oxygen atoms in total. The second-order valence-electron chi connectivity index (χ2n) is 6.26. The van der Waals surface area contributed by atoms with Crippen LogP contribution in [0.1, 0.15) is 12.8 Å². The number of pyridine rings is 1. The Kier molecular flexibility index (Phi) is 5.56. The fourth-order valence-corrected chi connectivity index (χ4v) is 4.31. The minimum Gasteiger partial charge on any atom is -0.346 e. The van der Waals surface area contributed by atoms with Crippen molar-refractivity contribution in [2.75, 3.05) is 30.3 Å². The van der Waals surface area contributed by atoms with Gasteiger partial charge in [-0.2, -0.15) is 0 Å². The number of carbonyl (C=O) groups excluding carboxylic acids is 1. The quantitative estimate of drug-likeness (QED) is 0.837. The Morgan fingerprint density at radius 2 is 2.24 bits per heavy atom. The number of anilines is 1.